The molecule has 0 fully saturated rings. The maximum Gasteiger partial charge on any atom is 0.140 e. The lowest BCUT2D eigenvalue weighted by molar-refractivity contribution is 0.726. The van der Waals surface area contributed by atoms with E-state index in [4.69, 9.17) is 0 Å². The Hall–Kier alpha value is -1.62. The number of para-hydroxylation sites is 2. The summed E-state index contributed by atoms with van der Waals surface area (Å²) >= 11 is 3.54. The summed E-state index contributed by atoms with van der Waals surface area (Å²) in [6.45, 7) is 2.03. The number of benzene rings is 1. The predicted molar refractivity (Wildman–Crippen MR) is 75.2 cm³/mol. The minimum atomic E-state index is 0.786. The largest absolute Gasteiger partial charge is 0.283 e. The first-order valence-electron chi connectivity index (χ1n) is 5.73. The summed E-state index contributed by atoms with van der Waals surface area (Å²) in [6.07, 6.45) is 1.85. The second-order valence-electron chi connectivity index (χ2n) is 4.25. The van der Waals surface area contributed by atoms with Gasteiger partial charge < -0.3 is 0 Å². The van der Waals surface area contributed by atoms with Crippen LogP contribution >= 0.6 is 15.9 Å². The monoisotopic (exact) mass is 304 g/mol. The van der Waals surface area contributed by atoms with Crippen molar-refractivity contribution >= 4 is 27.0 Å². The lowest BCUT2D eigenvalue weighted by Gasteiger charge is -2.07. The highest BCUT2D eigenvalue weighted by Gasteiger charge is 2.15. The normalized spacial score (nSPS) is 11.3. The van der Waals surface area contributed by atoms with Crippen molar-refractivity contribution in [2.24, 2.45) is 7.05 Å². The predicted octanol–water partition coefficient (Wildman–Crippen LogP) is 2.96. The summed E-state index contributed by atoms with van der Waals surface area (Å²) < 4.78 is 3.99. The molecule has 92 valence electrons. The van der Waals surface area contributed by atoms with Crippen LogP contribution in [0.25, 0.3) is 16.9 Å². The van der Waals surface area contributed by atoms with Gasteiger partial charge in [0, 0.05) is 17.9 Å². The fraction of sp³-hybridized carbons (Fsp3) is 0.231. The number of fused-ring (bicyclic) bond motifs is 1. The van der Waals surface area contributed by atoms with Crippen molar-refractivity contribution in [1.82, 2.24) is 19.3 Å². The molecule has 0 atom stereocenters. The Morgan fingerprint density at radius 2 is 2.06 bits per heavy atom. The number of rotatable bonds is 2. The van der Waals surface area contributed by atoms with Gasteiger partial charge in [0.1, 0.15) is 12.1 Å². The molecule has 0 aliphatic carbocycles. The van der Waals surface area contributed by atoms with Gasteiger partial charge in [-0.3, -0.25) is 9.25 Å². The average Bonchev–Trinajstić information content (AvgIpc) is 2.89. The van der Waals surface area contributed by atoms with Crippen molar-refractivity contribution in [3.8, 4) is 5.82 Å². The number of hydrogen-bond donors (Lipinski definition) is 0. The van der Waals surface area contributed by atoms with Gasteiger partial charge >= 0.3 is 0 Å². The van der Waals surface area contributed by atoms with E-state index in [0.29, 0.717) is 0 Å². The van der Waals surface area contributed by atoms with Crippen molar-refractivity contribution in [3.05, 3.63) is 41.9 Å². The smallest absolute Gasteiger partial charge is 0.140 e. The van der Waals surface area contributed by atoms with Crippen molar-refractivity contribution in [2.75, 3.05) is 0 Å². The van der Waals surface area contributed by atoms with Gasteiger partial charge in [-0.15, -0.1) is 0 Å². The van der Waals surface area contributed by atoms with E-state index in [-0.39, 0.29) is 0 Å². The number of imidazole rings is 1. The number of nitrogens with zero attached hydrogens (tertiary/aromatic N) is 4. The van der Waals surface area contributed by atoms with Gasteiger partial charge in [-0.25, -0.2) is 4.98 Å². The molecular weight excluding hydrogens is 292 g/mol. The Kier molecular flexibility index (Phi) is 2.70. The molecule has 0 amide bonds. The zero-order valence-electron chi connectivity index (χ0n) is 10.3. The Balaban J connectivity index is 2.33. The van der Waals surface area contributed by atoms with Crippen LogP contribution in [0.3, 0.4) is 0 Å². The maximum atomic E-state index is 4.48. The van der Waals surface area contributed by atoms with Crippen LogP contribution in [0.15, 0.2) is 30.6 Å². The van der Waals surface area contributed by atoms with Crippen LogP contribution in [0.5, 0.6) is 0 Å². The highest BCUT2D eigenvalue weighted by molar-refractivity contribution is 9.08. The first-order chi connectivity index (χ1) is 8.72. The number of alkyl halides is 1. The van der Waals surface area contributed by atoms with E-state index in [1.165, 1.54) is 5.56 Å². The third-order valence-electron chi connectivity index (χ3n) is 3.13. The second-order valence-corrected chi connectivity index (χ2v) is 4.81. The van der Waals surface area contributed by atoms with E-state index in [9.17, 15) is 0 Å². The van der Waals surface area contributed by atoms with E-state index in [0.717, 1.165) is 27.9 Å². The van der Waals surface area contributed by atoms with E-state index in [2.05, 4.69) is 36.6 Å². The molecule has 4 nitrogen and oxygen atoms in total. The summed E-state index contributed by atoms with van der Waals surface area (Å²) in [5, 5.41) is 5.27. The number of halogens is 1. The zero-order chi connectivity index (χ0) is 12.7. The lowest BCUT2D eigenvalue weighted by Crippen LogP contribution is -2.03. The molecule has 0 saturated carbocycles. The Bertz CT molecular complexity index is 711. The number of aromatic nitrogens is 4. The summed E-state index contributed by atoms with van der Waals surface area (Å²) in [4.78, 5) is 4.43. The van der Waals surface area contributed by atoms with Gasteiger partial charge in [0.05, 0.1) is 16.7 Å². The first kappa shape index (κ1) is 11.5. The summed E-state index contributed by atoms with van der Waals surface area (Å²) in [5.41, 5.74) is 4.34. The molecule has 0 aliphatic heterocycles. The molecule has 0 radical (unpaired) electrons. The third kappa shape index (κ3) is 1.58. The van der Waals surface area contributed by atoms with Crippen molar-refractivity contribution in [3.63, 3.8) is 0 Å². The quantitative estimate of drug-likeness (QED) is 0.682. The van der Waals surface area contributed by atoms with Crippen molar-refractivity contribution in [1.29, 1.82) is 0 Å². The molecule has 0 bridgehead atoms. The van der Waals surface area contributed by atoms with Crippen molar-refractivity contribution in [2.45, 2.75) is 12.3 Å². The molecule has 0 unspecified atom stereocenters. The maximum absolute atomic E-state index is 4.48. The minimum absolute atomic E-state index is 0.786. The van der Waals surface area contributed by atoms with E-state index in [1.54, 1.807) is 0 Å². The Morgan fingerprint density at radius 1 is 1.28 bits per heavy atom. The van der Waals surface area contributed by atoms with Gasteiger partial charge in [-0.05, 0) is 19.1 Å². The molecule has 0 N–H and O–H groups in total. The highest BCUT2D eigenvalue weighted by atomic mass is 79.9. The Labute approximate surface area is 113 Å². The van der Waals surface area contributed by atoms with Crippen LogP contribution in [0.2, 0.25) is 0 Å². The van der Waals surface area contributed by atoms with Gasteiger partial charge in [0.2, 0.25) is 0 Å². The highest BCUT2D eigenvalue weighted by Crippen LogP contribution is 2.24. The topological polar surface area (TPSA) is 35.6 Å². The van der Waals surface area contributed by atoms with Crippen LogP contribution in [-0.4, -0.2) is 19.3 Å². The zero-order valence-corrected chi connectivity index (χ0v) is 11.8. The summed E-state index contributed by atoms with van der Waals surface area (Å²) in [5.74, 6) is 1.07. The van der Waals surface area contributed by atoms with Gasteiger partial charge in [0.15, 0.2) is 0 Å². The third-order valence-corrected chi connectivity index (χ3v) is 3.69. The van der Waals surface area contributed by atoms with Crippen LogP contribution in [0.1, 0.15) is 11.3 Å². The average molecular weight is 305 g/mol. The van der Waals surface area contributed by atoms with Crippen LogP contribution in [-0.2, 0) is 12.4 Å². The molecule has 1 aromatic carbocycles. The first-order valence-corrected chi connectivity index (χ1v) is 6.85. The molecule has 0 saturated heterocycles. The second kappa shape index (κ2) is 4.24. The van der Waals surface area contributed by atoms with Gasteiger partial charge in [-0.1, -0.05) is 28.1 Å². The molecule has 3 rings (SSSR count). The molecule has 3 aromatic rings. The number of hydrogen-bond acceptors (Lipinski definition) is 2. The fourth-order valence-electron chi connectivity index (χ4n) is 2.28. The molecule has 0 spiro atoms. The van der Waals surface area contributed by atoms with E-state index >= 15 is 0 Å². The minimum Gasteiger partial charge on any atom is -0.283 e. The standard InChI is InChI=1S/C13H13BrN4/c1-9-10(7-14)13(17(2)16-9)18-8-15-11-5-3-4-6-12(11)18/h3-6,8H,7H2,1-2H3. The Morgan fingerprint density at radius 3 is 2.83 bits per heavy atom. The van der Waals surface area contributed by atoms with Crippen molar-refractivity contribution < 1.29 is 0 Å². The number of aryl methyl sites for hydroxylation is 2. The SMILES string of the molecule is Cc1nn(C)c(-n2cnc3ccccc32)c1CBr. The molecule has 2 aromatic heterocycles. The van der Waals surface area contributed by atoms with E-state index in [1.807, 2.05) is 43.2 Å². The van der Waals surface area contributed by atoms with Gasteiger partial charge in [-0.2, -0.15) is 5.10 Å². The lowest BCUT2D eigenvalue weighted by atomic mass is 10.2. The molecule has 18 heavy (non-hydrogen) atoms. The molecule has 0 aliphatic rings. The molecule has 5 heteroatoms. The summed E-state index contributed by atoms with van der Waals surface area (Å²) in [7, 11) is 1.96. The van der Waals surface area contributed by atoms with E-state index < -0.39 is 0 Å². The van der Waals surface area contributed by atoms with Gasteiger partial charge in [0.25, 0.3) is 0 Å². The van der Waals surface area contributed by atoms with Crippen LogP contribution < -0.4 is 0 Å². The van der Waals surface area contributed by atoms with Crippen LogP contribution in [0, 0.1) is 6.92 Å². The molecular formula is C13H13BrN4. The molecule has 2 heterocycles. The fourth-order valence-corrected chi connectivity index (χ4v) is 2.93. The summed E-state index contributed by atoms with van der Waals surface area (Å²) in [6, 6.07) is 8.11. The van der Waals surface area contributed by atoms with Crippen LogP contribution in [0.4, 0.5) is 0 Å².